The summed E-state index contributed by atoms with van der Waals surface area (Å²) in [5.41, 5.74) is 1.84. The summed E-state index contributed by atoms with van der Waals surface area (Å²) in [6.07, 6.45) is -0.877. The van der Waals surface area contributed by atoms with Gasteiger partial charge in [0, 0.05) is 23.5 Å². The Balaban J connectivity index is 1.68. The predicted octanol–water partition coefficient (Wildman–Crippen LogP) is 2.66. The smallest absolute Gasteiger partial charge is 0.267 e. The standard InChI is InChI=1S/C20H22N2O5/c1-25-14-6-4-12-8-16(22-15(12)10-14)20(24)21-11-17(23)13-5-7-18(26-2)19(9-13)27-3/h4-10,17,22-23H,11H2,1-3H3,(H,21,24). The van der Waals surface area contributed by atoms with E-state index in [-0.39, 0.29) is 12.5 Å². The molecule has 3 N–H and O–H groups in total. The summed E-state index contributed by atoms with van der Waals surface area (Å²) in [4.78, 5) is 15.5. The highest BCUT2D eigenvalue weighted by Gasteiger charge is 2.15. The van der Waals surface area contributed by atoms with Gasteiger partial charge in [-0.05, 0) is 35.9 Å². The molecule has 0 aliphatic carbocycles. The van der Waals surface area contributed by atoms with Crippen molar-refractivity contribution in [3.8, 4) is 17.2 Å². The minimum absolute atomic E-state index is 0.0625. The van der Waals surface area contributed by atoms with Crippen LogP contribution in [0.2, 0.25) is 0 Å². The number of aliphatic hydroxyl groups excluding tert-OH is 1. The van der Waals surface area contributed by atoms with E-state index in [1.807, 2.05) is 18.2 Å². The number of aliphatic hydroxyl groups is 1. The van der Waals surface area contributed by atoms with Gasteiger partial charge in [0.25, 0.3) is 5.91 Å². The maximum Gasteiger partial charge on any atom is 0.267 e. The summed E-state index contributed by atoms with van der Waals surface area (Å²) < 4.78 is 15.6. The molecule has 0 aliphatic rings. The van der Waals surface area contributed by atoms with Crippen LogP contribution in [0.5, 0.6) is 17.2 Å². The van der Waals surface area contributed by atoms with Crippen molar-refractivity contribution in [2.45, 2.75) is 6.10 Å². The van der Waals surface area contributed by atoms with Gasteiger partial charge in [-0.25, -0.2) is 0 Å². The van der Waals surface area contributed by atoms with E-state index >= 15 is 0 Å². The van der Waals surface area contributed by atoms with Crippen LogP contribution in [0.25, 0.3) is 10.9 Å². The maximum absolute atomic E-state index is 12.4. The van der Waals surface area contributed by atoms with Gasteiger partial charge in [0.15, 0.2) is 11.5 Å². The van der Waals surface area contributed by atoms with Crippen molar-refractivity contribution in [1.29, 1.82) is 0 Å². The second-order valence-corrected chi connectivity index (χ2v) is 5.98. The molecule has 7 heteroatoms. The zero-order valence-electron chi connectivity index (χ0n) is 15.4. The van der Waals surface area contributed by atoms with E-state index in [0.717, 1.165) is 10.9 Å². The largest absolute Gasteiger partial charge is 0.497 e. The summed E-state index contributed by atoms with van der Waals surface area (Å²) in [5, 5.41) is 14.0. The molecule has 3 rings (SSSR count). The van der Waals surface area contributed by atoms with E-state index in [4.69, 9.17) is 14.2 Å². The first-order chi connectivity index (χ1) is 13.0. The Labute approximate surface area is 156 Å². The second kappa shape index (κ2) is 8.01. The van der Waals surface area contributed by atoms with Crippen LogP contribution in [0, 0.1) is 0 Å². The van der Waals surface area contributed by atoms with E-state index in [2.05, 4.69) is 10.3 Å². The molecule has 1 amide bonds. The fourth-order valence-corrected chi connectivity index (χ4v) is 2.82. The molecule has 7 nitrogen and oxygen atoms in total. The van der Waals surface area contributed by atoms with E-state index in [1.165, 1.54) is 7.11 Å². The number of aromatic nitrogens is 1. The van der Waals surface area contributed by atoms with Crippen molar-refractivity contribution in [3.05, 3.63) is 53.7 Å². The molecule has 1 heterocycles. The Morgan fingerprint density at radius 3 is 2.52 bits per heavy atom. The summed E-state index contributed by atoms with van der Waals surface area (Å²) >= 11 is 0. The highest BCUT2D eigenvalue weighted by molar-refractivity contribution is 5.98. The number of amides is 1. The van der Waals surface area contributed by atoms with Gasteiger partial charge in [0.05, 0.1) is 27.4 Å². The average Bonchev–Trinajstić information content (AvgIpc) is 3.14. The monoisotopic (exact) mass is 370 g/mol. The lowest BCUT2D eigenvalue weighted by atomic mass is 10.1. The lowest BCUT2D eigenvalue weighted by Gasteiger charge is -2.14. The van der Waals surface area contributed by atoms with Crippen molar-refractivity contribution in [2.75, 3.05) is 27.9 Å². The van der Waals surface area contributed by atoms with Gasteiger partial charge in [-0.2, -0.15) is 0 Å². The molecule has 2 aromatic carbocycles. The molecule has 0 aliphatic heterocycles. The van der Waals surface area contributed by atoms with Crippen LogP contribution in [-0.2, 0) is 0 Å². The van der Waals surface area contributed by atoms with Crippen LogP contribution in [0.1, 0.15) is 22.2 Å². The molecule has 3 aromatic rings. The van der Waals surface area contributed by atoms with Gasteiger partial charge in [0.2, 0.25) is 0 Å². The van der Waals surface area contributed by atoms with Crippen molar-refractivity contribution in [2.24, 2.45) is 0 Å². The van der Waals surface area contributed by atoms with Gasteiger partial charge < -0.3 is 29.6 Å². The minimum atomic E-state index is -0.877. The van der Waals surface area contributed by atoms with Crippen LogP contribution < -0.4 is 19.5 Å². The zero-order valence-corrected chi connectivity index (χ0v) is 15.4. The van der Waals surface area contributed by atoms with Gasteiger partial charge in [-0.1, -0.05) is 6.07 Å². The third kappa shape index (κ3) is 3.98. The highest BCUT2D eigenvalue weighted by atomic mass is 16.5. The number of carbonyl (C=O) groups excluding carboxylic acids is 1. The number of fused-ring (bicyclic) bond motifs is 1. The van der Waals surface area contributed by atoms with E-state index < -0.39 is 6.10 Å². The van der Waals surface area contributed by atoms with Crippen molar-refractivity contribution in [1.82, 2.24) is 10.3 Å². The topological polar surface area (TPSA) is 92.8 Å². The number of nitrogens with one attached hydrogen (secondary N) is 2. The van der Waals surface area contributed by atoms with Gasteiger partial charge in [-0.3, -0.25) is 4.79 Å². The van der Waals surface area contributed by atoms with Crippen LogP contribution in [-0.4, -0.2) is 43.9 Å². The lowest BCUT2D eigenvalue weighted by molar-refractivity contribution is 0.0912. The third-order valence-electron chi connectivity index (χ3n) is 4.32. The fourth-order valence-electron chi connectivity index (χ4n) is 2.82. The quantitative estimate of drug-likeness (QED) is 0.595. The molecule has 0 spiro atoms. The first kappa shape index (κ1) is 18.6. The molecule has 142 valence electrons. The van der Waals surface area contributed by atoms with Gasteiger partial charge >= 0.3 is 0 Å². The summed E-state index contributed by atoms with van der Waals surface area (Å²) in [7, 11) is 4.66. The molecule has 0 saturated heterocycles. The number of methoxy groups -OCH3 is 3. The molecule has 1 atom stereocenters. The first-order valence-electron chi connectivity index (χ1n) is 8.40. The van der Waals surface area contributed by atoms with Crippen LogP contribution >= 0.6 is 0 Å². The first-order valence-corrected chi connectivity index (χ1v) is 8.40. The lowest BCUT2D eigenvalue weighted by Crippen LogP contribution is -2.28. The molecule has 0 fully saturated rings. The Morgan fingerprint density at radius 2 is 1.81 bits per heavy atom. The summed E-state index contributed by atoms with van der Waals surface area (Å²) in [5.74, 6) is 1.50. The summed E-state index contributed by atoms with van der Waals surface area (Å²) in [6.45, 7) is 0.0625. The number of aromatic amines is 1. The Hall–Kier alpha value is -3.19. The van der Waals surface area contributed by atoms with Crippen molar-refractivity contribution < 1.29 is 24.1 Å². The number of ether oxygens (including phenoxy) is 3. The molecule has 27 heavy (non-hydrogen) atoms. The second-order valence-electron chi connectivity index (χ2n) is 5.98. The number of benzene rings is 2. The molecule has 0 radical (unpaired) electrons. The Morgan fingerprint density at radius 1 is 1.04 bits per heavy atom. The van der Waals surface area contributed by atoms with Crippen molar-refractivity contribution >= 4 is 16.8 Å². The van der Waals surface area contributed by atoms with E-state index in [0.29, 0.717) is 28.5 Å². The Kier molecular flexibility index (Phi) is 5.52. The number of hydrogen-bond donors (Lipinski definition) is 3. The molecular formula is C20H22N2O5. The van der Waals surface area contributed by atoms with Crippen LogP contribution in [0.3, 0.4) is 0 Å². The van der Waals surface area contributed by atoms with Gasteiger partial charge in [-0.15, -0.1) is 0 Å². The maximum atomic E-state index is 12.4. The minimum Gasteiger partial charge on any atom is -0.497 e. The van der Waals surface area contributed by atoms with Crippen LogP contribution in [0.15, 0.2) is 42.5 Å². The normalized spacial score (nSPS) is 11.9. The molecule has 1 unspecified atom stereocenters. The van der Waals surface area contributed by atoms with Crippen molar-refractivity contribution in [3.63, 3.8) is 0 Å². The summed E-state index contributed by atoms with van der Waals surface area (Å²) in [6, 6.07) is 12.4. The Bertz CT molecular complexity index is 951. The average molecular weight is 370 g/mol. The van der Waals surface area contributed by atoms with Crippen LogP contribution in [0.4, 0.5) is 0 Å². The molecule has 0 bridgehead atoms. The number of hydrogen-bond acceptors (Lipinski definition) is 5. The SMILES string of the molecule is COc1ccc2cc(C(=O)NCC(O)c3ccc(OC)c(OC)c3)[nH]c2c1. The zero-order chi connectivity index (χ0) is 19.4. The number of rotatable bonds is 7. The third-order valence-corrected chi connectivity index (χ3v) is 4.32. The molecular weight excluding hydrogens is 348 g/mol. The number of carbonyl (C=O) groups is 1. The van der Waals surface area contributed by atoms with E-state index in [9.17, 15) is 9.90 Å². The molecule has 1 aromatic heterocycles. The molecule has 0 saturated carbocycles. The fraction of sp³-hybridized carbons (Fsp3) is 0.250. The number of H-pyrrole nitrogens is 1. The van der Waals surface area contributed by atoms with E-state index in [1.54, 1.807) is 38.5 Å². The predicted molar refractivity (Wildman–Crippen MR) is 102 cm³/mol. The highest BCUT2D eigenvalue weighted by Crippen LogP contribution is 2.29. The van der Waals surface area contributed by atoms with Gasteiger partial charge in [0.1, 0.15) is 11.4 Å².